The molecule has 0 heterocycles. The fourth-order valence-electron chi connectivity index (χ4n) is 1.17. The van der Waals surface area contributed by atoms with E-state index in [9.17, 15) is 13.2 Å². The molecule has 0 unspecified atom stereocenters. The number of nitrogens with zero attached hydrogens (tertiary/aromatic N) is 1. The lowest BCUT2D eigenvalue weighted by Gasteiger charge is -2.13. The molecule has 0 atom stereocenters. The van der Waals surface area contributed by atoms with Crippen LogP contribution in [0.25, 0.3) is 0 Å². The first kappa shape index (κ1) is 12.8. The van der Waals surface area contributed by atoms with Crippen LogP contribution < -0.4 is 0 Å². The molecule has 0 saturated heterocycles. The smallest absolute Gasteiger partial charge is 0.198 e. The molecule has 15 heavy (non-hydrogen) atoms. The van der Waals surface area contributed by atoms with Crippen LogP contribution in [0.5, 0.6) is 0 Å². The van der Waals surface area contributed by atoms with Crippen molar-refractivity contribution < 1.29 is 13.2 Å². The zero-order chi connectivity index (χ0) is 11.6. The van der Waals surface area contributed by atoms with E-state index in [0.717, 1.165) is 0 Å². The average molecular weight is 390 g/mol. The highest BCUT2D eigenvalue weighted by molar-refractivity contribution is 14.1. The van der Waals surface area contributed by atoms with Crippen molar-refractivity contribution >= 4 is 38.5 Å². The highest BCUT2D eigenvalue weighted by Gasteiger charge is 2.35. The second-order valence-corrected chi connectivity index (χ2v) is 4.85. The largest absolute Gasteiger partial charge is 0.417 e. The van der Waals surface area contributed by atoms with Gasteiger partial charge in [0, 0.05) is 8.04 Å². The van der Waals surface area contributed by atoms with E-state index in [0.29, 0.717) is 3.57 Å². The van der Waals surface area contributed by atoms with Crippen molar-refractivity contribution in [1.82, 2.24) is 0 Å². The minimum Gasteiger partial charge on any atom is -0.198 e. The first-order valence-corrected chi connectivity index (χ1v) is 5.65. The summed E-state index contributed by atoms with van der Waals surface area (Å²) in [6, 6.07) is 4.48. The third kappa shape index (κ3) is 3.08. The number of nitriles is 1. The van der Waals surface area contributed by atoms with Crippen molar-refractivity contribution in [3.05, 3.63) is 31.3 Å². The predicted molar refractivity (Wildman–Crippen MR) is 61.2 cm³/mol. The van der Waals surface area contributed by atoms with Gasteiger partial charge in [0.1, 0.15) is 0 Å². The summed E-state index contributed by atoms with van der Waals surface area (Å²) in [6.45, 7) is 0. The van der Waals surface area contributed by atoms with Gasteiger partial charge in [-0.15, -0.1) is 0 Å². The van der Waals surface area contributed by atoms with Crippen LogP contribution in [0, 0.1) is 14.9 Å². The maximum Gasteiger partial charge on any atom is 0.417 e. The molecule has 0 radical (unpaired) electrons. The number of hydrogen-bond acceptors (Lipinski definition) is 1. The maximum atomic E-state index is 12.6. The highest BCUT2D eigenvalue weighted by atomic mass is 127. The van der Waals surface area contributed by atoms with E-state index < -0.39 is 11.7 Å². The monoisotopic (exact) mass is 389 g/mol. The number of alkyl halides is 3. The average Bonchev–Trinajstić information content (AvgIpc) is 1.99. The minimum atomic E-state index is -4.44. The van der Waals surface area contributed by atoms with Gasteiger partial charge in [-0.1, -0.05) is 15.9 Å². The molecule has 1 rings (SSSR count). The van der Waals surface area contributed by atoms with Crippen LogP contribution in [-0.4, -0.2) is 0 Å². The Balaban J connectivity index is 3.42. The molecule has 1 nitrogen and oxygen atoms in total. The van der Waals surface area contributed by atoms with Gasteiger partial charge in [0.2, 0.25) is 0 Å². The molecule has 0 aromatic heterocycles. The van der Waals surface area contributed by atoms with Gasteiger partial charge in [0.05, 0.1) is 18.1 Å². The van der Waals surface area contributed by atoms with Crippen LogP contribution in [0.1, 0.15) is 11.1 Å². The number of benzene rings is 1. The van der Waals surface area contributed by atoms with Crippen molar-refractivity contribution in [1.29, 1.82) is 5.26 Å². The summed E-state index contributed by atoms with van der Waals surface area (Å²) in [5.74, 6) is 0. The fraction of sp³-hybridized carbons (Fsp3) is 0.222. The molecule has 6 heteroatoms. The van der Waals surface area contributed by atoms with Crippen LogP contribution in [0.15, 0.2) is 16.6 Å². The molecule has 80 valence electrons. The minimum absolute atomic E-state index is 0.00350. The van der Waals surface area contributed by atoms with Crippen molar-refractivity contribution in [3.8, 4) is 6.07 Å². The van der Waals surface area contributed by atoms with E-state index in [1.54, 1.807) is 6.07 Å². The normalized spacial score (nSPS) is 11.2. The first-order chi connectivity index (χ1) is 6.86. The molecule has 0 spiro atoms. The van der Waals surface area contributed by atoms with Crippen LogP contribution in [-0.2, 0) is 12.6 Å². The lowest BCUT2D eigenvalue weighted by Crippen LogP contribution is -2.10. The Labute approximate surface area is 107 Å². The van der Waals surface area contributed by atoms with Crippen LogP contribution >= 0.6 is 38.5 Å². The van der Waals surface area contributed by atoms with E-state index in [1.165, 1.54) is 12.1 Å². The molecule has 0 aliphatic heterocycles. The summed E-state index contributed by atoms with van der Waals surface area (Å²) in [5.41, 5.74) is -0.756. The lowest BCUT2D eigenvalue weighted by atomic mass is 10.1. The lowest BCUT2D eigenvalue weighted by molar-refractivity contribution is -0.138. The summed E-state index contributed by atoms with van der Waals surface area (Å²) in [7, 11) is 0. The molecule has 0 fully saturated rings. The number of rotatable bonds is 1. The number of hydrogen-bond donors (Lipinski definition) is 0. The second-order valence-electron chi connectivity index (χ2n) is 2.75. The standard InChI is InChI=1S/C9H4BrF3IN/c10-7-4-6(14)3-5(1-2-15)8(7)9(11,12)13/h3-4H,1H2. The quantitative estimate of drug-likeness (QED) is 0.662. The van der Waals surface area contributed by atoms with Gasteiger partial charge in [-0.25, -0.2) is 0 Å². The molecule has 1 aromatic rings. The summed E-state index contributed by atoms with van der Waals surface area (Å²) < 4.78 is 38.5. The Bertz CT molecular complexity index is 423. The van der Waals surface area contributed by atoms with Gasteiger partial charge in [-0.3, -0.25) is 0 Å². The molecule has 0 bridgehead atoms. The Morgan fingerprint density at radius 3 is 2.47 bits per heavy atom. The molecule has 0 N–H and O–H groups in total. The first-order valence-electron chi connectivity index (χ1n) is 3.78. The van der Waals surface area contributed by atoms with Gasteiger partial charge in [0.15, 0.2) is 0 Å². The van der Waals surface area contributed by atoms with Gasteiger partial charge in [0.25, 0.3) is 0 Å². The van der Waals surface area contributed by atoms with Crippen molar-refractivity contribution in [2.75, 3.05) is 0 Å². The van der Waals surface area contributed by atoms with Gasteiger partial charge < -0.3 is 0 Å². The van der Waals surface area contributed by atoms with Crippen molar-refractivity contribution in [2.24, 2.45) is 0 Å². The fourth-order valence-corrected chi connectivity index (χ4v) is 3.01. The van der Waals surface area contributed by atoms with Gasteiger partial charge >= 0.3 is 6.18 Å². The van der Waals surface area contributed by atoms with E-state index >= 15 is 0 Å². The second kappa shape index (κ2) is 4.70. The summed E-state index contributed by atoms with van der Waals surface area (Å²) >= 11 is 4.78. The molecule has 0 amide bonds. The van der Waals surface area contributed by atoms with Crippen LogP contribution in [0.2, 0.25) is 0 Å². The van der Waals surface area contributed by atoms with Crippen molar-refractivity contribution in [3.63, 3.8) is 0 Å². The van der Waals surface area contributed by atoms with Gasteiger partial charge in [-0.2, -0.15) is 18.4 Å². The van der Waals surface area contributed by atoms with Crippen LogP contribution in [0.4, 0.5) is 13.2 Å². The predicted octanol–water partition coefficient (Wildman–Crippen LogP) is 4.14. The van der Waals surface area contributed by atoms with Crippen LogP contribution in [0.3, 0.4) is 0 Å². The van der Waals surface area contributed by atoms with E-state index in [2.05, 4.69) is 15.9 Å². The molecule has 1 aromatic carbocycles. The topological polar surface area (TPSA) is 23.8 Å². The van der Waals surface area contributed by atoms with E-state index in [-0.39, 0.29) is 16.5 Å². The zero-order valence-corrected chi connectivity index (χ0v) is 10.9. The molecule has 0 aliphatic carbocycles. The molecular formula is C9H4BrF3IN. The number of halogens is 5. The molecule has 0 aliphatic rings. The summed E-state index contributed by atoms with van der Waals surface area (Å²) in [6.07, 6.45) is -4.68. The third-order valence-corrected chi connectivity index (χ3v) is 2.94. The third-order valence-electron chi connectivity index (χ3n) is 1.69. The Morgan fingerprint density at radius 1 is 1.40 bits per heavy atom. The Morgan fingerprint density at radius 2 is 2.00 bits per heavy atom. The zero-order valence-electron chi connectivity index (χ0n) is 7.20. The highest BCUT2D eigenvalue weighted by Crippen LogP contribution is 2.38. The summed E-state index contributed by atoms with van der Waals surface area (Å²) in [4.78, 5) is 0. The molecule has 0 saturated carbocycles. The molecular weight excluding hydrogens is 386 g/mol. The van der Waals surface area contributed by atoms with Gasteiger partial charge in [-0.05, 0) is 40.3 Å². The SMILES string of the molecule is N#CCc1cc(I)cc(Br)c1C(F)(F)F. The van der Waals surface area contributed by atoms with E-state index in [1.807, 2.05) is 22.6 Å². The van der Waals surface area contributed by atoms with E-state index in [4.69, 9.17) is 5.26 Å². The Kier molecular flexibility index (Phi) is 4.00. The Hall–Kier alpha value is -0.290. The summed E-state index contributed by atoms with van der Waals surface area (Å²) in [5, 5.41) is 8.46. The maximum absolute atomic E-state index is 12.6. The van der Waals surface area contributed by atoms with Crippen molar-refractivity contribution in [2.45, 2.75) is 12.6 Å².